The summed E-state index contributed by atoms with van der Waals surface area (Å²) in [7, 11) is 0. The van der Waals surface area contributed by atoms with Gasteiger partial charge in [0.2, 0.25) is 0 Å². The van der Waals surface area contributed by atoms with E-state index in [-0.39, 0.29) is 56.2 Å². The van der Waals surface area contributed by atoms with Gasteiger partial charge in [-0.05, 0) is 103 Å². The summed E-state index contributed by atoms with van der Waals surface area (Å²) < 4.78 is 73.1. The maximum Gasteiger partial charge on any atom is 0.135 e. The summed E-state index contributed by atoms with van der Waals surface area (Å²) in [6.45, 7) is 18.6. The summed E-state index contributed by atoms with van der Waals surface area (Å²) in [5.74, 6) is 1.75. The standard InChI is InChI=1S/C67H61N4O.Pt/c1-44-19-11-12-22-54(44)45-29-31-46(32-30-45)55-24-18-25-56(47-37-49(66(5,6)7)39-50(38-47)67(8,9)10)64(55)70-43-69(60-27-15-16-28-61(60)70)51-20-17-21-52(41-51)72-53-33-34-58-57-23-13-14-26-59(57)71(62(58)42-53)63-40-48(35-36-68-63)65(2,3)4;/h11-40,43H,1-10H3;/q-3;/i1D3,31D,32D,37D,38D;. The van der Waals surface area contributed by atoms with Crippen molar-refractivity contribution in [2.75, 3.05) is 9.80 Å². The molecule has 8 aromatic carbocycles. The van der Waals surface area contributed by atoms with Crippen LogP contribution in [0.3, 0.4) is 0 Å². The molecule has 11 rings (SSSR count). The summed E-state index contributed by atoms with van der Waals surface area (Å²) in [6, 6.07) is 55.5. The molecule has 0 saturated heterocycles. The van der Waals surface area contributed by atoms with E-state index in [2.05, 4.69) is 109 Å². The number of pyridine rings is 1. The van der Waals surface area contributed by atoms with E-state index >= 15 is 0 Å². The van der Waals surface area contributed by atoms with Crippen LogP contribution in [0, 0.1) is 25.7 Å². The van der Waals surface area contributed by atoms with Gasteiger partial charge in [-0.25, -0.2) is 4.98 Å². The number of nitrogens with zero attached hydrogens (tertiary/aromatic N) is 4. The molecular weight excluding hydrogens is 1070 g/mol. The van der Waals surface area contributed by atoms with Crippen molar-refractivity contribution in [1.82, 2.24) is 9.55 Å². The smallest absolute Gasteiger partial charge is 0.135 e. The largest absolute Gasteiger partial charge is 0.509 e. The Labute approximate surface area is 456 Å². The Bertz CT molecular complexity index is 3990. The van der Waals surface area contributed by atoms with Gasteiger partial charge in [0.15, 0.2) is 0 Å². The second kappa shape index (κ2) is 19.0. The number of benzene rings is 8. The molecule has 0 saturated carbocycles. The minimum absolute atomic E-state index is 0. The minimum Gasteiger partial charge on any atom is -0.509 e. The Morgan fingerprint density at radius 3 is 1.88 bits per heavy atom. The molecule has 5 nitrogen and oxygen atoms in total. The van der Waals surface area contributed by atoms with Crippen LogP contribution in [0.15, 0.2) is 182 Å². The van der Waals surface area contributed by atoms with Gasteiger partial charge in [0, 0.05) is 76.6 Å². The van der Waals surface area contributed by atoms with Gasteiger partial charge in [0.1, 0.15) is 5.82 Å². The van der Waals surface area contributed by atoms with Crippen molar-refractivity contribution in [3.05, 3.63) is 223 Å². The Hall–Kier alpha value is -7.20. The third-order valence-electron chi connectivity index (χ3n) is 13.5. The van der Waals surface area contributed by atoms with Gasteiger partial charge in [-0.3, -0.25) is 0 Å². The Morgan fingerprint density at radius 2 is 1.16 bits per heavy atom. The molecule has 0 atom stereocenters. The van der Waals surface area contributed by atoms with Crippen LogP contribution in [0.25, 0.3) is 61.0 Å². The van der Waals surface area contributed by atoms with Crippen LogP contribution in [-0.2, 0) is 37.3 Å². The number of rotatable bonds is 8. The van der Waals surface area contributed by atoms with Gasteiger partial charge < -0.3 is 19.1 Å². The molecule has 10 aromatic rings. The number of aryl methyl sites for hydroxylation is 1. The number of hydrogen-bond acceptors (Lipinski definition) is 4. The van der Waals surface area contributed by atoms with Crippen molar-refractivity contribution in [3.63, 3.8) is 0 Å². The molecule has 6 heteroatoms. The van der Waals surface area contributed by atoms with Gasteiger partial charge >= 0.3 is 0 Å². The van der Waals surface area contributed by atoms with Crippen LogP contribution < -0.4 is 14.5 Å². The third-order valence-corrected chi connectivity index (χ3v) is 13.5. The van der Waals surface area contributed by atoms with Gasteiger partial charge in [0.25, 0.3) is 0 Å². The van der Waals surface area contributed by atoms with E-state index in [1.54, 1.807) is 36.4 Å². The number of aromatic nitrogens is 2. The Morgan fingerprint density at radius 1 is 0.548 bits per heavy atom. The van der Waals surface area contributed by atoms with E-state index in [9.17, 15) is 5.48 Å². The van der Waals surface area contributed by atoms with Crippen molar-refractivity contribution in [2.24, 2.45) is 0 Å². The molecule has 0 amide bonds. The molecule has 0 N–H and O–H groups in total. The molecule has 1 aliphatic heterocycles. The second-order valence-corrected chi connectivity index (χ2v) is 21.7. The van der Waals surface area contributed by atoms with E-state index in [1.165, 1.54) is 5.56 Å². The number of para-hydroxylation sites is 4. The van der Waals surface area contributed by atoms with Crippen molar-refractivity contribution in [1.29, 1.82) is 0 Å². The summed E-state index contributed by atoms with van der Waals surface area (Å²) in [5.41, 5.74) is 9.28. The normalized spacial score (nSPS) is 14.4. The summed E-state index contributed by atoms with van der Waals surface area (Å²) in [6.07, 6.45) is 1.86. The molecule has 1 aliphatic rings. The van der Waals surface area contributed by atoms with Crippen LogP contribution in [0.1, 0.15) is 94.2 Å². The molecule has 2 aromatic heterocycles. The zero-order valence-corrected chi connectivity index (χ0v) is 44.9. The van der Waals surface area contributed by atoms with Crippen molar-refractivity contribution >= 4 is 44.6 Å². The van der Waals surface area contributed by atoms with Gasteiger partial charge in [0.05, 0.1) is 5.48 Å². The first-order chi connectivity index (χ1) is 37.4. The molecular formula is C67H61N4OPt-3. The quantitative estimate of drug-likeness (QED) is 0.142. The molecule has 3 heterocycles. The molecule has 0 bridgehead atoms. The molecule has 73 heavy (non-hydrogen) atoms. The van der Waals surface area contributed by atoms with Crippen molar-refractivity contribution < 1.29 is 35.4 Å². The third kappa shape index (κ3) is 9.41. The first kappa shape index (κ1) is 41.3. The van der Waals surface area contributed by atoms with E-state index in [1.807, 2.05) is 108 Å². The maximum atomic E-state index is 9.99. The second-order valence-electron chi connectivity index (χ2n) is 21.7. The Kier molecular flexibility index (Phi) is 10.8. The average Bonchev–Trinajstić information content (AvgIpc) is 4.14. The zero-order valence-electron chi connectivity index (χ0n) is 49.6. The maximum absolute atomic E-state index is 9.99. The number of hydrogen-bond donors (Lipinski definition) is 0. The summed E-state index contributed by atoms with van der Waals surface area (Å²) in [5, 5.41) is 2.10. The predicted octanol–water partition coefficient (Wildman–Crippen LogP) is 18.2. The monoisotopic (exact) mass is 1140 g/mol. The zero-order chi connectivity index (χ0) is 56.1. The van der Waals surface area contributed by atoms with Crippen LogP contribution in [0.2, 0.25) is 0 Å². The summed E-state index contributed by atoms with van der Waals surface area (Å²) in [4.78, 5) is 8.91. The first-order valence-corrected chi connectivity index (χ1v) is 24.5. The Balaban J connectivity index is 0.00000720. The SMILES string of the molecule is [2H]c1cc(-c2ccccc2C([2H])([2H])[2H])cc([2H])c1-c1cccc(-c2c([2H])c(C(C)(C)C)cc(C(C)(C)C)c2[2H])c1N1[CH-]N(c2[c-]c(Oc3[c-]c4c(cc3)c3ccccc3n4-c3cc(C(C)(C)C)ccn3)ccc2)c2ccccc21.[Pt]. The van der Waals surface area contributed by atoms with Crippen LogP contribution in [0.5, 0.6) is 11.5 Å². The van der Waals surface area contributed by atoms with E-state index < -0.39 is 17.7 Å². The molecule has 0 unspecified atom stereocenters. The van der Waals surface area contributed by atoms with Gasteiger partial charge in [-0.15, -0.1) is 48.1 Å². The fraction of sp³-hybridized carbons (Fsp3) is 0.194. The van der Waals surface area contributed by atoms with Crippen LogP contribution in [-0.4, -0.2) is 9.55 Å². The van der Waals surface area contributed by atoms with Crippen LogP contribution in [0.4, 0.5) is 22.7 Å². The van der Waals surface area contributed by atoms with E-state index in [0.717, 1.165) is 50.1 Å². The summed E-state index contributed by atoms with van der Waals surface area (Å²) >= 11 is 0. The number of anilines is 4. The van der Waals surface area contributed by atoms with Gasteiger partial charge in [-0.1, -0.05) is 183 Å². The fourth-order valence-electron chi connectivity index (χ4n) is 9.51. The molecule has 0 spiro atoms. The molecule has 0 fully saturated rings. The van der Waals surface area contributed by atoms with Crippen molar-refractivity contribution in [2.45, 2.75) is 85.4 Å². The molecule has 0 aliphatic carbocycles. The van der Waals surface area contributed by atoms with Gasteiger partial charge in [-0.2, -0.15) is 12.1 Å². The van der Waals surface area contributed by atoms with E-state index in [4.69, 9.17) is 13.8 Å². The topological polar surface area (TPSA) is 33.5 Å². The van der Waals surface area contributed by atoms with Crippen molar-refractivity contribution in [3.8, 4) is 50.7 Å². The molecule has 368 valence electrons. The predicted molar refractivity (Wildman–Crippen MR) is 301 cm³/mol. The number of ether oxygens (including phenoxy) is 1. The van der Waals surface area contributed by atoms with E-state index in [0.29, 0.717) is 56.3 Å². The average molecular weight is 1140 g/mol. The van der Waals surface area contributed by atoms with Crippen LogP contribution >= 0.6 is 0 Å². The minimum atomic E-state index is -2.42. The molecule has 0 radical (unpaired) electrons. The fourth-order valence-corrected chi connectivity index (χ4v) is 9.51. The first-order valence-electron chi connectivity index (χ1n) is 28.0. The number of fused-ring (bicyclic) bond motifs is 4.